The largest absolute Gasteiger partial charge is 0.461 e. The molecule has 2 atom stereocenters. The first-order valence-corrected chi connectivity index (χ1v) is 3.51. The van der Waals surface area contributed by atoms with Crippen molar-refractivity contribution in [2.75, 3.05) is 0 Å². The Labute approximate surface area is 59.1 Å². The van der Waals surface area contributed by atoms with Crippen LogP contribution < -0.4 is 0 Å². The zero-order valence-corrected chi connectivity index (χ0v) is 6.02. The fourth-order valence-corrected chi connectivity index (χ4v) is 1.28. The molecule has 0 unspecified atom stereocenters. The molecule has 1 aliphatic heterocycles. The quantitative estimate of drug-likeness (QED) is 0.414. The minimum Gasteiger partial charge on any atom is -0.461 e. The van der Waals surface area contributed by atoms with Crippen LogP contribution in [0, 0.1) is 0 Å². The molecule has 1 fully saturated rings. The van der Waals surface area contributed by atoms with Gasteiger partial charge in [0.15, 0.2) is 0 Å². The van der Waals surface area contributed by atoms with E-state index in [-0.39, 0.29) is 17.5 Å². The molecule has 0 saturated carbocycles. The number of esters is 1. The molecule has 1 saturated heterocycles. The van der Waals surface area contributed by atoms with Crippen LogP contribution in [0.1, 0.15) is 19.8 Å². The molecule has 3 heteroatoms. The number of ether oxygens (including phenoxy) is 1. The lowest BCUT2D eigenvalue weighted by atomic mass is 10.2. The molecular weight excluding hydrogens is 140 g/mol. The van der Waals surface area contributed by atoms with Gasteiger partial charge in [0.25, 0.3) is 0 Å². The van der Waals surface area contributed by atoms with Gasteiger partial charge in [0.1, 0.15) is 6.10 Å². The maximum absolute atomic E-state index is 10.5. The van der Waals surface area contributed by atoms with E-state index in [9.17, 15) is 4.79 Å². The highest BCUT2D eigenvalue weighted by Gasteiger charge is 2.31. The van der Waals surface area contributed by atoms with Crippen LogP contribution in [0.2, 0.25) is 0 Å². The standard InChI is InChI=1S/C6H9ClO2/c1-2-5-4(7)3-6(8)9-5/h4-5H,2-3H2,1H3/t4-,5-/m1/s1. The lowest BCUT2D eigenvalue weighted by molar-refractivity contribution is -0.141. The van der Waals surface area contributed by atoms with Gasteiger partial charge in [-0.25, -0.2) is 0 Å². The van der Waals surface area contributed by atoms with Crippen LogP contribution in [0.5, 0.6) is 0 Å². The van der Waals surface area contributed by atoms with Crippen molar-refractivity contribution < 1.29 is 9.53 Å². The normalized spacial score (nSPS) is 34.7. The fourth-order valence-electron chi connectivity index (χ4n) is 0.921. The summed E-state index contributed by atoms with van der Waals surface area (Å²) in [4.78, 5) is 10.5. The summed E-state index contributed by atoms with van der Waals surface area (Å²) in [5.41, 5.74) is 0. The maximum Gasteiger partial charge on any atom is 0.307 e. The molecule has 0 aromatic rings. The van der Waals surface area contributed by atoms with Crippen LogP contribution in [-0.2, 0) is 9.53 Å². The summed E-state index contributed by atoms with van der Waals surface area (Å²) >= 11 is 5.73. The minimum atomic E-state index is -0.165. The van der Waals surface area contributed by atoms with Crippen molar-refractivity contribution in [2.45, 2.75) is 31.2 Å². The van der Waals surface area contributed by atoms with Crippen molar-refractivity contribution in [3.05, 3.63) is 0 Å². The molecule has 1 aliphatic rings. The Morgan fingerprint density at radius 2 is 2.56 bits per heavy atom. The Kier molecular flexibility index (Phi) is 1.96. The molecule has 0 N–H and O–H groups in total. The van der Waals surface area contributed by atoms with Gasteiger partial charge in [0, 0.05) is 0 Å². The molecule has 0 amide bonds. The second kappa shape index (κ2) is 2.56. The van der Waals surface area contributed by atoms with Gasteiger partial charge in [-0.2, -0.15) is 0 Å². The van der Waals surface area contributed by atoms with Crippen LogP contribution >= 0.6 is 11.6 Å². The van der Waals surface area contributed by atoms with E-state index >= 15 is 0 Å². The third-order valence-electron chi connectivity index (χ3n) is 1.45. The van der Waals surface area contributed by atoms with Gasteiger partial charge >= 0.3 is 5.97 Å². The molecule has 0 spiro atoms. The number of hydrogen-bond donors (Lipinski definition) is 0. The van der Waals surface area contributed by atoms with Gasteiger partial charge in [-0.1, -0.05) is 6.92 Å². The van der Waals surface area contributed by atoms with Gasteiger partial charge in [-0.3, -0.25) is 4.79 Å². The molecule has 52 valence electrons. The molecule has 0 bridgehead atoms. The van der Waals surface area contributed by atoms with E-state index in [1.165, 1.54) is 0 Å². The Morgan fingerprint density at radius 3 is 2.78 bits per heavy atom. The lowest BCUT2D eigenvalue weighted by Crippen LogP contribution is -2.13. The van der Waals surface area contributed by atoms with Crippen molar-refractivity contribution in [1.82, 2.24) is 0 Å². The van der Waals surface area contributed by atoms with Crippen LogP contribution in [0.3, 0.4) is 0 Å². The van der Waals surface area contributed by atoms with Crippen molar-refractivity contribution in [2.24, 2.45) is 0 Å². The summed E-state index contributed by atoms with van der Waals surface area (Å²) in [7, 11) is 0. The zero-order chi connectivity index (χ0) is 6.85. The molecule has 9 heavy (non-hydrogen) atoms. The monoisotopic (exact) mass is 148 g/mol. The van der Waals surface area contributed by atoms with Crippen molar-refractivity contribution in [3.8, 4) is 0 Å². The Bertz CT molecular complexity index is 124. The second-order valence-electron chi connectivity index (χ2n) is 2.16. The second-order valence-corrected chi connectivity index (χ2v) is 2.72. The average Bonchev–Trinajstić information content (AvgIpc) is 2.10. The maximum atomic E-state index is 10.5. The van der Waals surface area contributed by atoms with Crippen molar-refractivity contribution in [3.63, 3.8) is 0 Å². The van der Waals surface area contributed by atoms with Crippen LogP contribution in [-0.4, -0.2) is 17.5 Å². The number of halogens is 1. The van der Waals surface area contributed by atoms with Gasteiger partial charge in [0.05, 0.1) is 11.8 Å². The molecule has 0 aliphatic carbocycles. The molecule has 2 nitrogen and oxygen atoms in total. The summed E-state index contributed by atoms with van der Waals surface area (Å²) in [5, 5.41) is -0.0949. The summed E-state index contributed by atoms with van der Waals surface area (Å²) in [5.74, 6) is -0.165. The molecule has 1 rings (SSSR count). The molecule has 0 aromatic carbocycles. The van der Waals surface area contributed by atoms with Crippen molar-refractivity contribution >= 4 is 17.6 Å². The van der Waals surface area contributed by atoms with Gasteiger partial charge in [0.2, 0.25) is 0 Å². The van der Waals surface area contributed by atoms with E-state index < -0.39 is 0 Å². The number of rotatable bonds is 1. The molecule has 1 heterocycles. The predicted octanol–water partition coefficient (Wildman–Crippen LogP) is 1.32. The highest BCUT2D eigenvalue weighted by Crippen LogP contribution is 2.22. The highest BCUT2D eigenvalue weighted by molar-refractivity contribution is 6.22. The van der Waals surface area contributed by atoms with Gasteiger partial charge < -0.3 is 4.74 Å². The Hall–Kier alpha value is -0.240. The van der Waals surface area contributed by atoms with Crippen LogP contribution in [0.25, 0.3) is 0 Å². The smallest absolute Gasteiger partial charge is 0.307 e. The zero-order valence-electron chi connectivity index (χ0n) is 5.26. The van der Waals surface area contributed by atoms with Gasteiger partial charge in [-0.05, 0) is 6.42 Å². The molecular formula is C6H9ClO2. The van der Waals surface area contributed by atoms with Crippen LogP contribution in [0.15, 0.2) is 0 Å². The Balaban J connectivity index is 2.47. The summed E-state index contributed by atoms with van der Waals surface area (Å²) in [6, 6.07) is 0. The first-order valence-electron chi connectivity index (χ1n) is 3.07. The first-order chi connectivity index (χ1) is 4.24. The lowest BCUT2D eigenvalue weighted by Gasteiger charge is -2.07. The average molecular weight is 149 g/mol. The van der Waals surface area contributed by atoms with E-state index in [2.05, 4.69) is 0 Å². The van der Waals surface area contributed by atoms with E-state index in [1.807, 2.05) is 6.92 Å². The van der Waals surface area contributed by atoms with E-state index in [1.54, 1.807) is 0 Å². The summed E-state index contributed by atoms with van der Waals surface area (Å²) in [6.07, 6.45) is 1.15. The van der Waals surface area contributed by atoms with Crippen LogP contribution in [0.4, 0.5) is 0 Å². The summed E-state index contributed by atoms with van der Waals surface area (Å²) in [6.45, 7) is 1.96. The molecule has 0 radical (unpaired) electrons. The topological polar surface area (TPSA) is 26.3 Å². The number of cyclic esters (lactones) is 1. The van der Waals surface area contributed by atoms with E-state index in [0.29, 0.717) is 6.42 Å². The SMILES string of the molecule is CC[C@H]1OC(=O)C[C@H]1Cl. The highest BCUT2D eigenvalue weighted by atomic mass is 35.5. The fraction of sp³-hybridized carbons (Fsp3) is 0.833. The molecule has 0 aromatic heterocycles. The Morgan fingerprint density at radius 1 is 1.89 bits per heavy atom. The number of alkyl halides is 1. The van der Waals surface area contributed by atoms with Gasteiger partial charge in [-0.15, -0.1) is 11.6 Å². The predicted molar refractivity (Wildman–Crippen MR) is 34.4 cm³/mol. The first kappa shape index (κ1) is 6.87. The number of carbonyl (C=O) groups is 1. The van der Waals surface area contributed by atoms with E-state index in [0.717, 1.165) is 6.42 Å². The third-order valence-corrected chi connectivity index (χ3v) is 1.89. The number of carbonyl (C=O) groups excluding carboxylic acids is 1. The summed E-state index contributed by atoms with van der Waals surface area (Å²) < 4.78 is 4.85. The van der Waals surface area contributed by atoms with E-state index in [4.69, 9.17) is 16.3 Å². The van der Waals surface area contributed by atoms with Crippen molar-refractivity contribution in [1.29, 1.82) is 0 Å². The third kappa shape index (κ3) is 1.36. The minimum absolute atomic E-state index is 0.0424. The number of hydrogen-bond acceptors (Lipinski definition) is 2.